The van der Waals surface area contributed by atoms with Crippen LogP contribution < -0.4 is 17.1 Å². The third kappa shape index (κ3) is 2.41. The van der Waals surface area contributed by atoms with Crippen LogP contribution in [0.1, 0.15) is 0 Å². The molecule has 1 rings (SSSR count). The van der Waals surface area contributed by atoms with Crippen molar-refractivity contribution >= 4 is 12.6 Å². The molecule has 7 heteroatoms. The minimum Gasteiger partial charge on any atom is -0.247 e. The van der Waals surface area contributed by atoms with Gasteiger partial charge in [-0.15, -0.1) is 12.8 Å². The SMILES string of the molecule is C#CCn1c(=O)n(CC#C)c(=O)n(CCS)c1=O. The maximum Gasteiger partial charge on any atom is 0.338 e. The molecule has 0 aliphatic heterocycles. The molecule has 0 spiro atoms. The molecule has 0 amide bonds. The van der Waals surface area contributed by atoms with E-state index in [1.54, 1.807) is 0 Å². The van der Waals surface area contributed by atoms with E-state index in [1.165, 1.54) is 0 Å². The molecule has 0 bridgehead atoms. The molecule has 1 aromatic heterocycles. The molecule has 0 aliphatic rings. The molecule has 0 unspecified atom stereocenters. The zero-order valence-corrected chi connectivity index (χ0v) is 10.4. The van der Waals surface area contributed by atoms with Gasteiger partial charge in [-0.1, -0.05) is 11.8 Å². The highest BCUT2D eigenvalue weighted by molar-refractivity contribution is 7.80. The van der Waals surface area contributed by atoms with Crippen LogP contribution in [0.4, 0.5) is 0 Å². The molecule has 94 valence electrons. The standard InChI is InChI=1S/C11H11N3O3S/c1-3-5-12-9(15)13(6-4-2)11(17)14(7-8-18)10(12)16/h1-2,18H,5-8H2. The van der Waals surface area contributed by atoms with Gasteiger partial charge in [0, 0.05) is 12.3 Å². The van der Waals surface area contributed by atoms with E-state index in [9.17, 15) is 14.4 Å². The first-order chi connectivity index (χ1) is 8.58. The van der Waals surface area contributed by atoms with E-state index >= 15 is 0 Å². The van der Waals surface area contributed by atoms with Gasteiger partial charge in [0.2, 0.25) is 0 Å². The van der Waals surface area contributed by atoms with E-state index in [4.69, 9.17) is 12.8 Å². The van der Waals surface area contributed by atoms with Gasteiger partial charge in [0.15, 0.2) is 0 Å². The molecule has 0 N–H and O–H groups in total. The van der Waals surface area contributed by atoms with E-state index in [1.807, 2.05) is 0 Å². The molecule has 0 saturated carbocycles. The summed E-state index contributed by atoms with van der Waals surface area (Å²) in [5.41, 5.74) is -2.29. The molecule has 0 aromatic carbocycles. The molecule has 1 heterocycles. The lowest BCUT2D eigenvalue weighted by molar-refractivity contribution is 0.498. The van der Waals surface area contributed by atoms with Gasteiger partial charge in [-0.3, -0.25) is 0 Å². The Hall–Kier alpha value is -2.12. The fraction of sp³-hybridized carbons (Fsp3) is 0.364. The Bertz CT molecular complexity index is 642. The Balaban J connectivity index is 3.73. The minimum atomic E-state index is -0.795. The largest absolute Gasteiger partial charge is 0.338 e. The van der Waals surface area contributed by atoms with Crippen LogP contribution in [0, 0.1) is 24.7 Å². The quantitative estimate of drug-likeness (QED) is 0.525. The van der Waals surface area contributed by atoms with Gasteiger partial charge in [-0.2, -0.15) is 12.6 Å². The molecule has 6 nitrogen and oxygen atoms in total. The predicted octanol–water partition coefficient (Wildman–Crippen LogP) is -1.63. The van der Waals surface area contributed by atoms with Gasteiger partial charge in [0.25, 0.3) is 0 Å². The van der Waals surface area contributed by atoms with Crippen LogP contribution in [-0.2, 0) is 19.6 Å². The maximum absolute atomic E-state index is 11.9. The van der Waals surface area contributed by atoms with E-state index in [0.29, 0.717) is 0 Å². The second-order valence-corrected chi connectivity index (χ2v) is 3.75. The van der Waals surface area contributed by atoms with Crippen LogP contribution in [0.2, 0.25) is 0 Å². The van der Waals surface area contributed by atoms with Crippen molar-refractivity contribution in [2.24, 2.45) is 0 Å². The Morgan fingerprint density at radius 3 is 1.61 bits per heavy atom. The molecule has 18 heavy (non-hydrogen) atoms. The van der Waals surface area contributed by atoms with Gasteiger partial charge in [-0.25, -0.2) is 28.1 Å². The summed E-state index contributed by atoms with van der Waals surface area (Å²) >= 11 is 3.95. The van der Waals surface area contributed by atoms with Gasteiger partial charge in [0.1, 0.15) is 0 Å². The van der Waals surface area contributed by atoms with E-state index in [2.05, 4.69) is 24.5 Å². The molecule has 0 radical (unpaired) electrons. The summed E-state index contributed by atoms with van der Waals surface area (Å²) in [6, 6.07) is 0. The molecular weight excluding hydrogens is 254 g/mol. The number of hydrogen-bond donors (Lipinski definition) is 1. The predicted molar refractivity (Wildman–Crippen MR) is 70.7 cm³/mol. The second kappa shape index (κ2) is 5.99. The number of terminal acetylenes is 2. The zero-order chi connectivity index (χ0) is 13.7. The van der Waals surface area contributed by atoms with Crippen molar-refractivity contribution in [3.05, 3.63) is 31.5 Å². The number of hydrogen-bond acceptors (Lipinski definition) is 4. The fourth-order valence-corrected chi connectivity index (χ4v) is 1.63. The van der Waals surface area contributed by atoms with Crippen molar-refractivity contribution in [3.8, 4) is 24.7 Å². The van der Waals surface area contributed by atoms with Crippen molar-refractivity contribution in [1.82, 2.24) is 13.7 Å². The summed E-state index contributed by atoms with van der Waals surface area (Å²) in [6.45, 7) is -0.347. The summed E-state index contributed by atoms with van der Waals surface area (Å²) in [6.07, 6.45) is 10.2. The Morgan fingerprint density at radius 1 is 0.889 bits per heavy atom. The monoisotopic (exact) mass is 265 g/mol. The molecule has 0 fully saturated rings. The maximum atomic E-state index is 11.9. The van der Waals surface area contributed by atoms with Gasteiger partial charge >= 0.3 is 17.1 Å². The topological polar surface area (TPSA) is 66.0 Å². The minimum absolute atomic E-state index is 0.0796. The number of aromatic nitrogens is 3. The average Bonchev–Trinajstić information content (AvgIpc) is 2.35. The highest BCUT2D eigenvalue weighted by Gasteiger charge is 2.13. The molecule has 1 aromatic rings. The average molecular weight is 265 g/mol. The first-order valence-electron chi connectivity index (χ1n) is 5.00. The number of thiol groups is 1. The van der Waals surface area contributed by atoms with Crippen LogP contribution in [0.15, 0.2) is 14.4 Å². The third-order valence-corrected chi connectivity index (χ3v) is 2.41. The lowest BCUT2D eigenvalue weighted by atomic mass is 10.6. The molecule has 0 aliphatic carbocycles. The van der Waals surface area contributed by atoms with Crippen LogP contribution in [0.25, 0.3) is 0 Å². The highest BCUT2D eigenvalue weighted by atomic mass is 32.1. The number of rotatable bonds is 4. The summed E-state index contributed by atoms with van der Waals surface area (Å²) in [5, 5.41) is 0. The van der Waals surface area contributed by atoms with Gasteiger partial charge < -0.3 is 0 Å². The number of nitrogens with zero attached hydrogens (tertiary/aromatic N) is 3. The van der Waals surface area contributed by atoms with Crippen LogP contribution in [-0.4, -0.2) is 19.5 Å². The lowest BCUT2D eigenvalue weighted by Gasteiger charge is -2.10. The van der Waals surface area contributed by atoms with Crippen LogP contribution in [0.5, 0.6) is 0 Å². The molecule has 0 atom stereocenters. The van der Waals surface area contributed by atoms with Crippen molar-refractivity contribution in [2.45, 2.75) is 19.6 Å². The summed E-state index contributed by atoms with van der Waals surface area (Å²) in [5.74, 6) is 4.65. The first kappa shape index (κ1) is 13.9. The van der Waals surface area contributed by atoms with Crippen molar-refractivity contribution in [1.29, 1.82) is 0 Å². The Labute approximate surface area is 108 Å². The van der Waals surface area contributed by atoms with Crippen LogP contribution >= 0.6 is 12.6 Å². The smallest absolute Gasteiger partial charge is 0.247 e. The summed E-state index contributed by atoms with van der Waals surface area (Å²) < 4.78 is 2.48. The lowest BCUT2D eigenvalue weighted by Crippen LogP contribution is -2.54. The van der Waals surface area contributed by atoms with E-state index < -0.39 is 17.1 Å². The Kier molecular flexibility index (Phi) is 4.64. The zero-order valence-electron chi connectivity index (χ0n) is 9.50. The Morgan fingerprint density at radius 2 is 1.28 bits per heavy atom. The van der Waals surface area contributed by atoms with Gasteiger partial charge in [0.05, 0.1) is 13.1 Å². The van der Waals surface area contributed by atoms with E-state index in [0.717, 1.165) is 13.7 Å². The summed E-state index contributed by atoms with van der Waals surface area (Å²) in [4.78, 5) is 35.6. The molecular formula is C11H11N3O3S. The third-order valence-electron chi connectivity index (χ3n) is 2.21. The fourth-order valence-electron chi connectivity index (χ4n) is 1.43. The normalized spacial score (nSPS) is 9.72. The van der Waals surface area contributed by atoms with Crippen molar-refractivity contribution in [3.63, 3.8) is 0 Å². The second-order valence-electron chi connectivity index (χ2n) is 3.30. The highest BCUT2D eigenvalue weighted by Crippen LogP contribution is 1.79. The first-order valence-corrected chi connectivity index (χ1v) is 5.64. The molecule has 0 saturated heterocycles. The van der Waals surface area contributed by atoms with Gasteiger partial charge in [-0.05, 0) is 0 Å². The van der Waals surface area contributed by atoms with E-state index in [-0.39, 0.29) is 25.4 Å². The van der Waals surface area contributed by atoms with Crippen molar-refractivity contribution < 1.29 is 0 Å². The summed E-state index contributed by atoms with van der Waals surface area (Å²) in [7, 11) is 0. The van der Waals surface area contributed by atoms with Crippen LogP contribution in [0.3, 0.4) is 0 Å². The van der Waals surface area contributed by atoms with Crippen molar-refractivity contribution in [2.75, 3.05) is 5.75 Å².